The second-order valence-corrected chi connectivity index (χ2v) is 7.74. The maximum atomic E-state index is 4.76. The van der Waals surface area contributed by atoms with E-state index >= 15 is 0 Å². The minimum Gasteiger partial charge on any atom is -0.309 e. The minimum absolute atomic E-state index is 0.787. The zero-order valence-electron chi connectivity index (χ0n) is 12.8. The average Bonchev–Trinajstić information content (AvgIpc) is 3.18. The first-order valence-corrected chi connectivity index (χ1v) is 8.93. The van der Waals surface area contributed by atoms with Crippen LogP contribution in [-0.2, 0) is 13.0 Å². The molecule has 0 bridgehead atoms. The number of rotatable bonds is 6. The molecule has 2 aliphatic rings. The third-order valence-electron chi connectivity index (χ3n) is 4.45. The van der Waals surface area contributed by atoms with Crippen molar-refractivity contribution in [2.75, 3.05) is 19.6 Å². The molecule has 1 unspecified atom stereocenters. The van der Waals surface area contributed by atoms with Crippen LogP contribution in [0, 0.1) is 12.8 Å². The van der Waals surface area contributed by atoms with Gasteiger partial charge in [-0.1, -0.05) is 6.92 Å². The fourth-order valence-electron chi connectivity index (χ4n) is 3.03. The number of thiazole rings is 1. The predicted octanol–water partition coefficient (Wildman–Crippen LogP) is 2.98. The summed E-state index contributed by atoms with van der Waals surface area (Å²) in [6, 6.07) is 0.787. The van der Waals surface area contributed by atoms with E-state index in [9.17, 15) is 0 Å². The van der Waals surface area contributed by atoms with Crippen LogP contribution < -0.4 is 5.32 Å². The van der Waals surface area contributed by atoms with Gasteiger partial charge in [0.15, 0.2) is 0 Å². The van der Waals surface area contributed by atoms with E-state index in [0.717, 1.165) is 24.9 Å². The van der Waals surface area contributed by atoms with E-state index in [-0.39, 0.29) is 0 Å². The summed E-state index contributed by atoms with van der Waals surface area (Å²) in [6.45, 7) is 9.31. The quantitative estimate of drug-likeness (QED) is 0.874. The predicted molar refractivity (Wildman–Crippen MR) is 85.3 cm³/mol. The van der Waals surface area contributed by atoms with Crippen molar-refractivity contribution in [2.45, 2.75) is 58.5 Å². The summed E-state index contributed by atoms with van der Waals surface area (Å²) >= 11 is 1.92. The Balaban J connectivity index is 1.48. The molecule has 1 atom stereocenters. The highest BCUT2D eigenvalue weighted by molar-refractivity contribution is 7.11. The summed E-state index contributed by atoms with van der Waals surface area (Å²) in [5.41, 5.74) is 1.24. The Morgan fingerprint density at radius 2 is 2.20 bits per heavy atom. The van der Waals surface area contributed by atoms with Crippen molar-refractivity contribution in [3.05, 3.63) is 15.6 Å². The van der Waals surface area contributed by atoms with E-state index in [4.69, 9.17) is 4.98 Å². The van der Waals surface area contributed by atoms with Crippen LogP contribution in [0.15, 0.2) is 0 Å². The average molecular weight is 293 g/mol. The van der Waals surface area contributed by atoms with Gasteiger partial charge in [-0.25, -0.2) is 4.98 Å². The lowest BCUT2D eigenvalue weighted by Crippen LogP contribution is -2.35. The highest BCUT2D eigenvalue weighted by Crippen LogP contribution is 2.23. The third kappa shape index (κ3) is 4.03. The summed E-state index contributed by atoms with van der Waals surface area (Å²) in [7, 11) is 0. The van der Waals surface area contributed by atoms with E-state index in [1.807, 2.05) is 11.3 Å². The van der Waals surface area contributed by atoms with Gasteiger partial charge in [-0.2, -0.15) is 0 Å². The van der Waals surface area contributed by atoms with Crippen LogP contribution >= 0.6 is 11.3 Å². The molecule has 0 amide bonds. The van der Waals surface area contributed by atoms with Crippen molar-refractivity contribution in [1.82, 2.24) is 15.2 Å². The number of aryl methyl sites for hydroxylation is 1. The standard InChI is InChI=1S/C16H27N3S/c1-12-4-3-8-19(11-12)9-7-16-18-13(2)15(20-16)10-17-14-5-6-14/h12,14,17H,3-11H2,1-2H3. The molecule has 1 aliphatic heterocycles. The molecule has 1 aromatic heterocycles. The molecule has 1 aromatic rings. The van der Waals surface area contributed by atoms with Crippen LogP contribution in [0.3, 0.4) is 0 Å². The highest BCUT2D eigenvalue weighted by Gasteiger charge is 2.21. The molecule has 3 rings (SSSR count). The monoisotopic (exact) mass is 293 g/mol. The number of hydrogen-bond acceptors (Lipinski definition) is 4. The van der Waals surface area contributed by atoms with Gasteiger partial charge >= 0.3 is 0 Å². The fraction of sp³-hybridized carbons (Fsp3) is 0.812. The van der Waals surface area contributed by atoms with Crippen molar-refractivity contribution >= 4 is 11.3 Å². The Kier molecular flexibility index (Phi) is 4.74. The van der Waals surface area contributed by atoms with Crippen LogP contribution in [0.25, 0.3) is 0 Å². The maximum absolute atomic E-state index is 4.76. The van der Waals surface area contributed by atoms with Gasteiger partial charge in [0.2, 0.25) is 0 Å². The third-order valence-corrected chi connectivity index (χ3v) is 5.67. The lowest BCUT2D eigenvalue weighted by Gasteiger charge is -2.30. The van der Waals surface area contributed by atoms with E-state index < -0.39 is 0 Å². The fourth-order valence-corrected chi connectivity index (χ4v) is 4.04. The minimum atomic E-state index is 0.787. The summed E-state index contributed by atoms with van der Waals surface area (Å²) in [5, 5.41) is 4.93. The molecular formula is C16H27N3S. The maximum Gasteiger partial charge on any atom is 0.0944 e. The first-order valence-electron chi connectivity index (χ1n) is 8.11. The van der Waals surface area contributed by atoms with Gasteiger partial charge < -0.3 is 10.2 Å². The van der Waals surface area contributed by atoms with Gasteiger partial charge in [-0.05, 0) is 45.1 Å². The van der Waals surface area contributed by atoms with Gasteiger partial charge in [-0.15, -0.1) is 11.3 Å². The molecule has 1 saturated carbocycles. The molecule has 20 heavy (non-hydrogen) atoms. The SMILES string of the molecule is Cc1nc(CCN2CCCC(C)C2)sc1CNC1CC1. The Morgan fingerprint density at radius 1 is 1.35 bits per heavy atom. The lowest BCUT2D eigenvalue weighted by atomic mass is 10.0. The highest BCUT2D eigenvalue weighted by atomic mass is 32.1. The first kappa shape index (κ1) is 14.5. The molecule has 2 heterocycles. The summed E-state index contributed by atoms with van der Waals surface area (Å²) in [4.78, 5) is 8.83. The molecule has 3 nitrogen and oxygen atoms in total. The van der Waals surface area contributed by atoms with Crippen LogP contribution in [0.5, 0.6) is 0 Å². The van der Waals surface area contributed by atoms with Crippen molar-refractivity contribution in [2.24, 2.45) is 5.92 Å². The zero-order valence-corrected chi connectivity index (χ0v) is 13.6. The number of nitrogens with zero attached hydrogens (tertiary/aromatic N) is 2. The van der Waals surface area contributed by atoms with E-state index in [2.05, 4.69) is 24.1 Å². The normalized spacial score (nSPS) is 24.2. The van der Waals surface area contributed by atoms with Crippen molar-refractivity contribution in [3.8, 4) is 0 Å². The Morgan fingerprint density at radius 3 is 2.95 bits per heavy atom. The Labute approximate surface area is 126 Å². The molecule has 0 spiro atoms. The summed E-state index contributed by atoms with van der Waals surface area (Å²) in [6.07, 6.45) is 6.62. The molecule has 2 fully saturated rings. The molecule has 4 heteroatoms. The van der Waals surface area contributed by atoms with Crippen molar-refractivity contribution < 1.29 is 0 Å². The van der Waals surface area contributed by atoms with E-state index in [1.165, 1.54) is 60.9 Å². The van der Waals surface area contributed by atoms with Gasteiger partial charge in [0.1, 0.15) is 0 Å². The van der Waals surface area contributed by atoms with Crippen molar-refractivity contribution in [3.63, 3.8) is 0 Å². The molecule has 1 saturated heterocycles. The van der Waals surface area contributed by atoms with Crippen LogP contribution in [0.4, 0.5) is 0 Å². The first-order chi connectivity index (χ1) is 9.70. The van der Waals surface area contributed by atoms with E-state index in [0.29, 0.717) is 0 Å². The topological polar surface area (TPSA) is 28.2 Å². The molecule has 1 aliphatic carbocycles. The van der Waals surface area contributed by atoms with Gasteiger partial charge in [0.25, 0.3) is 0 Å². The molecule has 112 valence electrons. The second-order valence-electron chi connectivity index (χ2n) is 6.57. The molecule has 0 radical (unpaired) electrons. The molecule has 0 aromatic carbocycles. The Bertz CT molecular complexity index is 439. The number of nitrogens with one attached hydrogen (secondary N) is 1. The van der Waals surface area contributed by atoms with Crippen molar-refractivity contribution in [1.29, 1.82) is 0 Å². The summed E-state index contributed by atoms with van der Waals surface area (Å²) < 4.78 is 0. The molecule has 1 N–H and O–H groups in total. The lowest BCUT2D eigenvalue weighted by molar-refractivity contribution is 0.186. The summed E-state index contributed by atoms with van der Waals surface area (Å²) in [5.74, 6) is 0.875. The number of aromatic nitrogens is 1. The number of hydrogen-bond donors (Lipinski definition) is 1. The Hall–Kier alpha value is -0.450. The van der Waals surface area contributed by atoms with Gasteiger partial charge in [0, 0.05) is 37.0 Å². The zero-order chi connectivity index (χ0) is 13.9. The molecular weight excluding hydrogens is 266 g/mol. The van der Waals surface area contributed by atoms with Crippen LogP contribution in [-0.4, -0.2) is 35.6 Å². The van der Waals surface area contributed by atoms with Crippen LogP contribution in [0.1, 0.15) is 48.2 Å². The smallest absolute Gasteiger partial charge is 0.0944 e. The largest absolute Gasteiger partial charge is 0.309 e. The number of likely N-dealkylation sites (tertiary alicyclic amines) is 1. The number of piperidine rings is 1. The van der Waals surface area contributed by atoms with Gasteiger partial charge in [-0.3, -0.25) is 0 Å². The van der Waals surface area contributed by atoms with E-state index in [1.54, 1.807) is 0 Å². The second kappa shape index (κ2) is 6.54. The van der Waals surface area contributed by atoms with Crippen LogP contribution in [0.2, 0.25) is 0 Å². The van der Waals surface area contributed by atoms with Gasteiger partial charge in [0.05, 0.1) is 10.7 Å².